The number of rotatable bonds is 7. The van der Waals surface area contributed by atoms with Crippen molar-refractivity contribution in [2.24, 2.45) is 0 Å². The van der Waals surface area contributed by atoms with Crippen molar-refractivity contribution in [3.8, 4) is 11.4 Å². The number of carbonyl (C=O) groups excluding carboxylic acids is 1. The van der Waals surface area contributed by atoms with E-state index in [1.54, 1.807) is 36.5 Å². The van der Waals surface area contributed by atoms with Gasteiger partial charge in [0.25, 0.3) is 5.91 Å². The molecule has 1 saturated heterocycles. The lowest BCUT2D eigenvalue weighted by atomic mass is 10.0. The molecule has 2 N–H and O–H groups in total. The van der Waals surface area contributed by atoms with Crippen LogP contribution >= 0.6 is 0 Å². The summed E-state index contributed by atoms with van der Waals surface area (Å²) >= 11 is 0. The summed E-state index contributed by atoms with van der Waals surface area (Å²) in [5.41, 5.74) is 1.60. The Kier molecular flexibility index (Phi) is 7.62. The quantitative estimate of drug-likeness (QED) is 0.273. The summed E-state index contributed by atoms with van der Waals surface area (Å²) in [5.74, 6) is -0.0229. The maximum atomic E-state index is 14.7. The first-order chi connectivity index (χ1) is 19.3. The van der Waals surface area contributed by atoms with Crippen LogP contribution in [0.15, 0.2) is 53.3 Å². The summed E-state index contributed by atoms with van der Waals surface area (Å²) in [6, 6.07) is 9.39. The third-order valence-corrected chi connectivity index (χ3v) is 7.34. The van der Waals surface area contributed by atoms with E-state index in [1.165, 1.54) is 6.07 Å². The van der Waals surface area contributed by atoms with Crippen LogP contribution in [0.3, 0.4) is 0 Å². The Labute approximate surface area is 235 Å². The molecule has 8 nitrogen and oxygen atoms in total. The minimum absolute atomic E-state index is 0.00680. The zero-order chi connectivity index (χ0) is 29.5. The highest BCUT2D eigenvalue weighted by Gasteiger charge is 2.32. The number of alkyl halides is 4. The Morgan fingerprint density at radius 2 is 1.95 bits per heavy atom. The molecule has 4 aromatic rings. The number of amides is 1. The van der Waals surface area contributed by atoms with Gasteiger partial charge in [0.15, 0.2) is 5.76 Å². The number of anilines is 1. The van der Waals surface area contributed by atoms with E-state index in [4.69, 9.17) is 4.52 Å². The molecule has 1 aromatic carbocycles. The van der Waals surface area contributed by atoms with Gasteiger partial charge in [-0.3, -0.25) is 4.79 Å². The van der Waals surface area contributed by atoms with Gasteiger partial charge in [-0.1, -0.05) is 11.2 Å². The lowest BCUT2D eigenvalue weighted by Crippen LogP contribution is -2.46. The SMILES string of the molecule is CN1CC[C@@H](Nc2cccc3c2cc(-c2cc(CNC(=O)c4ccn(C(C)(C)C)c4)on2)n3CC(F)(F)F)[C@@H](F)C1. The number of hydrogen-bond donors (Lipinski definition) is 2. The normalized spacial score (nSPS) is 18.6. The minimum atomic E-state index is -4.49. The van der Waals surface area contributed by atoms with E-state index in [-0.39, 0.29) is 41.7 Å². The maximum absolute atomic E-state index is 14.7. The van der Waals surface area contributed by atoms with Crippen molar-refractivity contribution < 1.29 is 26.9 Å². The third-order valence-electron chi connectivity index (χ3n) is 7.34. The zero-order valence-corrected chi connectivity index (χ0v) is 23.4. The lowest BCUT2D eigenvalue weighted by molar-refractivity contribution is -0.139. The summed E-state index contributed by atoms with van der Waals surface area (Å²) in [6.45, 7) is 5.84. The van der Waals surface area contributed by atoms with Gasteiger partial charge < -0.3 is 29.2 Å². The number of nitrogens with zero attached hydrogens (tertiary/aromatic N) is 4. The number of fused-ring (bicyclic) bond motifs is 1. The molecule has 0 aliphatic carbocycles. The highest BCUT2D eigenvalue weighted by atomic mass is 19.4. The molecule has 0 spiro atoms. The molecule has 2 atom stereocenters. The number of likely N-dealkylation sites (tertiary alicyclic amines) is 1. The second-order valence-electron chi connectivity index (χ2n) is 11.6. The van der Waals surface area contributed by atoms with Gasteiger partial charge in [0.2, 0.25) is 0 Å². The Morgan fingerprint density at radius 3 is 2.63 bits per heavy atom. The van der Waals surface area contributed by atoms with Crippen LogP contribution in [-0.4, -0.2) is 63.6 Å². The van der Waals surface area contributed by atoms with Crippen LogP contribution in [0.5, 0.6) is 0 Å². The molecule has 5 rings (SSSR count). The van der Waals surface area contributed by atoms with Crippen LogP contribution < -0.4 is 10.6 Å². The Morgan fingerprint density at radius 1 is 1.17 bits per heavy atom. The number of piperidine rings is 1. The molecule has 4 heterocycles. The van der Waals surface area contributed by atoms with Crippen molar-refractivity contribution in [3.05, 3.63) is 60.1 Å². The molecule has 1 amide bonds. The molecule has 1 fully saturated rings. The van der Waals surface area contributed by atoms with E-state index in [0.29, 0.717) is 28.6 Å². The molecule has 12 heteroatoms. The zero-order valence-electron chi connectivity index (χ0n) is 23.4. The van der Waals surface area contributed by atoms with Gasteiger partial charge in [-0.25, -0.2) is 4.39 Å². The highest BCUT2D eigenvalue weighted by molar-refractivity contribution is 5.96. The molecule has 0 saturated carbocycles. The summed E-state index contributed by atoms with van der Waals surface area (Å²) in [7, 11) is 1.86. The van der Waals surface area contributed by atoms with Crippen LogP contribution in [0.1, 0.15) is 43.3 Å². The second-order valence-corrected chi connectivity index (χ2v) is 11.6. The average Bonchev–Trinajstić information content (AvgIpc) is 3.63. The summed E-state index contributed by atoms with van der Waals surface area (Å²) in [4.78, 5) is 14.6. The van der Waals surface area contributed by atoms with E-state index in [2.05, 4.69) is 15.8 Å². The number of hydrogen-bond acceptors (Lipinski definition) is 5. The van der Waals surface area contributed by atoms with E-state index < -0.39 is 24.9 Å². The number of nitrogens with one attached hydrogen (secondary N) is 2. The molecular weight excluding hydrogens is 540 g/mol. The van der Waals surface area contributed by atoms with Crippen LogP contribution in [-0.2, 0) is 18.6 Å². The fourth-order valence-electron chi connectivity index (χ4n) is 5.13. The topological polar surface area (TPSA) is 80.3 Å². The van der Waals surface area contributed by atoms with Gasteiger partial charge in [-0.2, -0.15) is 13.2 Å². The Hall–Kier alpha value is -3.80. The van der Waals surface area contributed by atoms with Gasteiger partial charge in [0.05, 0.1) is 29.4 Å². The van der Waals surface area contributed by atoms with Gasteiger partial charge >= 0.3 is 6.18 Å². The maximum Gasteiger partial charge on any atom is 0.406 e. The van der Waals surface area contributed by atoms with E-state index in [0.717, 1.165) is 11.1 Å². The van der Waals surface area contributed by atoms with Gasteiger partial charge in [-0.05, 0) is 58.5 Å². The predicted octanol–water partition coefficient (Wildman–Crippen LogP) is 5.80. The van der Waals surface area contributed by atoms with Crippen molar-refractivity contribution in [1.82, 2.24) is 24.5 Å². The molecule has 0 unspecified atom stereocenters. The number of aromatic nitrogens is 3. The summed E-state index contributed by atoms with van der Waals surface area (Å²) in [6.07, 6.45) is -1.46. The first kappa shape index (κ1) is 28.7. The van der Waals surface area contributed by atoms with Crippen LogP contribution in [0.25, 0.3) is 22.3 Å². The minimum Gasteiger partial charge on any atom is -0.379 e. The molecule has 1 aliphatic rings. The second kappa shape index (κ2) is 10.9. The van der Waals surface area contributed by atoms with Gasteiger partial charge in [-0.15, -0.1) is 0 Å². The number of carbonyl (C=O) groups is 1. The first-order valence-corrected chi connectivity index (χ1v) is 13.5. The molecule has 0 radical (unpaired) electrons. The molecule has 1 aliphatic heterocycles. The smallest absolute Gasteiger partial charge is 0.379 e. The Bertz CT molecular complexity index is 1530. The van der Waals surface area contributed by atoms with E-state index in [1.807, 2.05) is 43.5 Å². The van der Waals surface area contributed by atoms with Crippen molar-refractivity contribution >= 4 is 22.5 Å². The fraction of sp³-hybridized carbons (Fsp3) is 0.448. The molecule has 41 heavy (non-hydrogen) atoms. The molecular formula is C29H34F4N6O2. The Balaban J connectivity index is 1.40. The molecule has 3 aromatic heterocycles. The van der Waals surface area contributed by atoms with Crippen LogP contribution in [0, 0.1) is 0 Å². The van der Waals surface area contributed by atoms with Crippen LogP contribution in [0.4, 0.5) is 23.2 Å². The van der Waals surface area contributed by atoms with E-state index in [9.17, 15) is 22.4 Å². The first-order valence-electron chi connectivity index (χ1n) is 13.5. The predicted molar refractivity (Wildman–Crippen MR) is 149 cm³/mol. The van der Waals surface area contributed by atoms with Crippen molar-refractivity contribution in [2.45, 2.75) is 64.2 Å². The summed E-state index contributed by atoms with van der Waals surface area (Å²) < 4.78 is 64.2. The summed E-state index contributed by atoms with van der Waals surface area (Å²) in [5, 5.41) is 10.5. The standard InChI is InChI=1S/C29H34F4N6O2/c1-28(2,3)38-11-8-18(15-38)27(40)34-14-19-12-24(36-41-19)26-13-20-22(35-23-9-10-37(4)16-21(23)30)6-5-7-25(20)39(26)17-29(31,32)33/h5-8,11-13,15,21,23,35H,9-10,14,16-17H2,1-4H3,(H,34,40)/t21-,23+/m0/s1. The average molecular weight is 575 g/mol. The number of benzene rings is 1. The van der Waals surface area contributed by atoms with E-state index >= 15 is 0 Å². The molecule has 220 valence electrons. The molecule has 0 bridgehead atoms. The van der Waals surface area contributed by atoms with Crippen molar-refractivity contribution in [3.63, 3.8) is 0 Å². The lowest BCUT2D eigenvalue weighted by Gasteiger charge is -2.33. The monoisotopic (exact) mass is 574 g/mol. The highest BCUT2D eigenvalue weighted by Crippen LogP contribution is 2.35. The third kappa shape index (κ3) is 6.42. The largest absolute Gasteiger partial charge is 0.406 e. The van der Waals surface area contributed by atoms with Crippen molar-refractivity contribution in [2.75, 3.05) is 25.5 Å². The van der Waals surface area contributed by atoms with Gasteiger partial charge in [0, 0.05) is 48.2 Å². The van der Waals surface area contributed by atoms with Crippen LogP contribution in [0.2, 0.25) is 0 Å². The van der Waals surface area contributed by atoms with Gasteiger partial charge in [0.1, 0.15) is 18.4 Å². The number of halogens is 4. The fourth-order valence-corrected chi connectivity index (χ4v) is 5.13. The van der Waals surface area contributed by atoms with Crippen molar-refractivity contribution in [1.29, 1.82) is 0 Å².